The fourth-order valence-electron chi connectivity index (χ4n) is 1.37. The average molecular weight is 233 g/mol. The van der Waals surface area contributed by atoms with Gasteiger partial charge in [-0.1, -0.05) is 18.3 Å². The lowest BCUT2D eigenvalue weighted by Gasteiger charge is -2.14. The Morgan fingerprint density at radius 2 is 2.54 bits per heavy atom. The number of hydrogen-bond donors (Lipinski definition) is 2. The van der Waals surface area contributed by atoms with Crippen LogP contribution < -0.4 is 5.32 Å². The van der Waals surface area contributed by atoms with Crippen molar-refractivity contribution >= 4 is 40.4 Å². The Kier molecular flexibility index (Phi) is 2.90. The van der Waals surface area contributed by atoms with Crippen LogP contribution in [0.25, 0.3) is 0 Å². The molecule has 3 nitrogen and oxygen atoms in total. The van der Waals surface area contributed by atoms with Crippen LogP contribution in [-0.2, 0) is 0 Å². The summed E-state index contributed by atoms with van der Waals surface area (Å²) in [5.41, 5.74) is 0. The Bertz CT molecular complexity index is 332. The Morgan fingerprint density at radius 3 is 3.08 bits per heavy atom. The van der Waals surface area contributed by atoms with Crippen LogP contribution in [0.5, 0.6) is 0 Å². The Morgan fingerprint density at radius 1 is 1.69 bits per heavy atom. The largest absolute Gasteiger partial charge is 0.356 e. The maximum Gasteiger partial charge on any atom is 0.204 e. The molecule has 1 aromatic rings. The topological polar surface area (TPSA) is 40.7 Å². The molecule has 0 aliphatic carbocycles. The second-order valence-electron chi connectivity index (χ2n) is 3.03. The van der Waals surface area contributed by atoms with Crippen molar-refractivity contribution in [3.63, 3.8) is 0 Å². The van der Waals surface area contributed by atoms with Gasteiger partial charge in [-0.25, -0.2) is 0 Å². The summed E-state index contributed by atoms with van der Waals surface area (Å²) >= 11 is 8.47. The third-order valence-electron chi connectivity index (χ3n) is 2.12. The lowest BCUT2D eigenvalue weighted by molar-refractivity contribution is 0.721. The number of aromatic nitrogens is 2. The maximum absolute atomic E-state index is 4.96. The molecule has 2 atom stereocenters. The summed E-state index contributed by atoms with van der Waals surface area (Å²) in [6.07, 6.45) is 1.22. The second kappa shape index (κ2) is 3.98. The van der Waals surface area contributed by atoms with Gasteiger partial charge in [0.25, 0.3) is 0 Å². The molecule has 1 aromatic heterocycles. The minimum absolute atomic E-state index is 0.555. The van der Waals surface area contributed by atoms with Gasteiger partial charge in [0.15, 0.2) is 3.95 Å². The highest BCUT2D eigenvalue weighted by atomic mass is 32.2. The second-order valence-corrected chi connectivity index (χ2v) is 6.18. The number of rotatable bonds is 2. The van der Waals surface area contributed by atoms with Crippen molar-refractivity contribution in [1.29, 1.82) is 0 Å². The predicted molar refractivity (Wildman–Crippen MR) is 61.2 cm³/mol. The fraction of sp³-hybridized carbons (Fsp3) is 0.714. The molecule has 2 unspecified atom stereocenters. The normalized spacial score (nSPS) is 27.8. The molecule has 1 aliphatic rings. The molecule has 0 saturated carbocycles. The molecule has 0 amide bonds. The predicted octanol–water partition coefficient (Wildman–Crippen LogP) is 2.51. The molecule has 2 rings (SSSR count). The quantitative estimate of drug-likeness (QED) is 0.770. The summed E-state index contributed by atoms with van der Waals surface area (Å²) in [6.45, 7) is 2.25. The van der Waals surface area contributed by atoms with Crippen LogP contribution in [0, 0.1) is 3.95 Å². The molecule has 0 bridgehead atoms. The molecule has 2 heterocycles. The standard InChI is InChI=1S/C7H11N3S3/c1-4-5(2-3-12-4)8-6-9-10-7(11)13-6/h4-5H,2-3H2,1H3,(H,8,9)(H,10,11). The molecule has 2 N–H and O–H groups in total. The summed E-state index contributed by atoms with van der Waals surface area (Å²) in [7, 11) is 0. The molecule has 1 saturated heterocycles. The smallest absolute Gasteiger partial charge is 0.204 e. The molecule has 1 fully saturated rings. The van der Waals surface area contributed by atoms with Gasteiger partial charge in [-0.3, -0.25) is 5.10 Å². The van der Waals surface area contributed by atoms with Gasteiger partial charge in [0.2, 0.25) is 5.13 Å². The van der Waals surface area contributed by atoms with Gasteiger partial charge in [-0.15, -0.1) is 5.10 Å². The number of H-pyrrole nitrogens is 1. The monoisotopic (exact) mass is 233 g/mol. The van der Waals surface area contributed by atoms with E-state index in [-0.39, 0.29) is 0 Å². The van der Waals surface area contributed by atoms with Crippen molar-refractivity contribution in [2.24, 2.45) is 0 Å². The van der Waals surface area contributed by atoms with Gasteiger partial charge < -0.3 is 5.32 Å². The van der Waals surface area contributed by atoms with Crippen molar-refractivity contribution in [1.82, 2.24) is 10.2 Å². The van der Waals surface area contributed by atoms with E-state index >= 15 is 0 Å². The molecule has 13 heavy (non-hydrogen) atoms. The summed E-state index contributed by atoms with van der Waals surface area (Å²) < 4.78 is 0.737. The SMILES string of the molecule is CC1SCCC1Nc1n[nH]c(=S)s1. The molecule has 6 heteroatoms. The first kappa shape index (κ1) is 9.48. The van der Waals surface area contributed by atoms with Crippen LogP contribution in [0.4, 0.5) is 5.13 Å². The van der Waals surface area contributed by atoms with Gasteiger partial charge in [0.1, 0.15) is 0 Å². The van der Waals surface area contributed by atoms with Gasteiger partial charge in [0.05, 0.1) is 0 Å². The van der Waals surface area contributed by atoms with Crippen molar-refractivity contribution in [2.75, 3.05) is 11.1 Å². The number of hydrogen-bond acceptors (Lipinski definition) is 5. The Balaban J connectivity index is 2.01. The molecule has 0 radical (unpaired) electrons. The van der Waals surface area contributed by atoms with E-state index in [0.717, 1.165) is 9.09 Å². The number of thioether (sulfide) groups is 1. The van der Waals surface area contributed by atoms with Gasteiger partial charge in [0, 0.05) is 11.3 Å². The first-order valence-electron chi connectivity index (χ1n) is 4.19. The average Bonchev–Trinajstić information content (AvgIpc) is 2.64. The zero-order chi connectivity index (χ0) is 9.26. The van der Waals surface area contributed by atoms with Crippen LogP contribution in [0.2, 0.25) is 0 Å². The van der Waals surface area contributed by atoms with Crippen molar-refractivity contribution < 1.29 is 0 Å². The van der Waals surface area contributed by atoms with E-state index in [9.17, 15) is 0 Å². The third kappa shape index (κ3) is 2.24. The molecular weight excluding hydrogens is 222 g/mol. The molecule has 72 valence electrons. The first-order valence-corrected chi connectivity index (χ1v) is 6.47. The third-order valence-corrected chi connectivity index (χ3v) is 4.47. The molecule has 0 aromatic carbocycles. The Hall–Kier alpha value is -0.0700. The van der Waals surface area contributed by atoms with Crippen LogP contribution in [0.3, 0.4) is 0 Å². The van der Waals surface area contributed by atoms with Crippen LogP contribution in [0.1, 0.15) is 13.3 Å². The summed E-state index contributed by atoms with van der Waals surface area (Å²) in [6, 6.07) is 0.555. The number of aromatic amines is 1. The van der Waals surface area contributed by atoms with E-state index in [0.29, 0.717) is 11.3 Å². The highest BCUT2D eigenvalue weighted by Gasteiger charge is 2.24. The van der Waals surface area contributed by atoms with Crippen molar-refractivity contribution in [2.45, 2.75) is 24.6 Å². The number of anilines is 1. The lowest BCUT2D eigenvalue weighted by Crippen LogP contribution is -2.24. The first-order chi connectivity index (χ1) is 6.25. The molecule has 0 spiro atoms. The molecular formula is C7H11N3S3. The van der Waals surface area contributed by atoms with Gasteiger partial charge >= 0.3 is 0 Å². The van der Waals surface area contributed by atoms with E-state index in [1.165, 1.54) is 23.5 Å². The summed E-state index contributed by atoms with van der Waals surface area (Å²) in [5, 5.41) is 11.9. The zero-order valence-corrected chi connectivity index (χ0v) is 9.69. The van der Waals surface area contributed by atoms with Crippen LogP contribution in [0.15, 0.2) is 0 Å². The minimum atomic E-state index is 0.555. The number of nitrogens with zero attached hydrogens (tertiary/aromatic N) is 1. The summed E-state index contributed by atoms with van der Waals surface area (Å²) in [4.78, 5) is 0. The fourth-order valence-corrected chi connectivity index (χ4v) is 3.42. The van der Waals surface area contributed by atoms with E-state index in [1.807, 2.05) is 11.8 Å². The lowest BCUT2D eigenvalue weighted by atomic mass is 10.2. The van der Waals surface area contributed by atoms with E-state index in [4.69, 9.17) is 12.2 Å². The Labute approximate surface area is 90.3 Å². The van der Waals surface area contributed by atoms with E-state index in [1.54, 1.807) is 0 Å². The van der Waals surface area contributed by atoms with E-state index in [2.05, 4.69) is 22.4 Å². The highest BCUT2D eigenvalue weighted by Crippen LogP contribution is 2.29. The minimum Gasteiger partial charge on any atom is -0.356 e. The van der Waals surface area contributed by atoms with Crippen LogP contribution in [-0.4, -0.2) is 27.2 Å². The summed E-state index contributed by atoms with van der Waals surface area (Å²) in [5.74, 6) is 1.24. The molecule has 1 aliphatic heterocycles. The number of nitrogens with one attached hydrogen (secondary N) is 2. The van der Waals surface area contributed by atoms with Gasteiger partial charge in [-0.2, -0.15) is 11.8 Å². The van der Waals surface area contributed by atoms with E-state index < -0.39 is 0 Å². The van der Waals surface area contributed by atoms with Crippen molar-refractivity contribution in [3.05, 3.63) is 3.95 Å². The zero-order valence-electron chi connectivity index (χ0n) is 7.24. The van der Waals surface area contributed by atoms with Crippen LogP contribution >= 0.6 is 35.3 Å². The van der Waals surface area contributed by atoms with Crippen molar-refractivity contribution in [3.8, 4) is 0 Å². The highest BCUT2D eigenvalue weighted by molar-refractivity contribution is 8.00. The van der Waals surface area contributed by atoms with Gasteiger partial charge in [-0.05, 0) is 24.4 Å². The maximum atomic E-state index is 4.96.